The number of benzene rings is 1. The van der Waals surface area contributed by atoms with E-state index in [-0.39, 0.29) is 0 Å². The number of hydrogen-bond donors (Lipinski definition) is 1. The molecular formula is C24H28ClN3. The second kappa shape index (κ2) is 8.00. The molecule has 1 unspecified atom stereocenters. The second-order valence-corrected chi connectivity index (χ2v) is 8.34. The van der Waals surface area contributed by atoms with Crippen LogP contribution in [0.3, 0.4) is 0 Å². The molecule has 1 aliphatic rings. The molecular weight excluding hydrogens is 366 g/mol. The van der Waals surface area contributed by atoms with Crippen LogP contribution in [0, 0.1) is 12.8 Å². The van der Waals surface area contributed by atoms with E-state index in [1.165, 1.54) is 22.0 Å². The summed E-state index contributed by atoms with van der Waals surface area (Å²) in [7, 11) is 0. The van der Waals surface area contributed by atoms with Crippen LogP contribution in [0.5, 0.6) is 0 Å². The van der Waals surface area contributed by atoms with Crippen LogP contribution in [0.15, 0.2) is 48.3 Å². The number of rotatable bonds is 4. The number of anilines is 1. The van der Waals surface area contributed by atoms with Gasteiger partial charge in [-0.3, -0.25) is 0 Å². The first kappa shape index (κ1) is 19.1. The molecule has 1 saturated heterocycles. The monoisotopic (exact) mass is 393 g/mol. The van der Waals surface area contributed by atoms with E-state index >= 15 is 0 Å². The van der Waals surface area contributed by atoms with Crippen molar-refractivity contribution < 1.29 is 0 Å². The van der Waals surface area contributed by atoms with Gasteiger partial charge in [0.1, 0.15) is 5.82 Å². The van der Waals surface area contributed by atoms with Crippen LogP contribution in [0.1, 0.15) is 44.2 Å². The third-order valence-electron chi connectivity index (χ3n) is 5.91. The number of H-pyrrole nitrogens is 1. The summed E-state index contributed by atoms with van der Waals surface area (Å²) in [5.41, 5.74) is 6.80. The van der Waals surface area contributed by atoms with Gasteiger partial charge in [0.2, 0.25) is 0 Å². The molecule has 1 atom stereocenters. The van der Waals surface area contributed by atoms with E-state index in [4.69, 9.17) is 11.6 Å². The summed E-state index contributed by atoms with van der Waals surface area (Å²) in [5.74, 6) is 1.64. The minimum atomic E-state index is 0.583. The van der Waals surface area contributed by atoms with Gasteiger partial charge in [-0.1, -0.05) is 44.0 Å². The van der Waals surface area contributed by atoms with Crippen molar-refractivity contribution in [3.05, 3.63) is 64.4 Å². The summed E-state index contributed by atoms with van der Waals surface area (Å²) in [6.45, 7) is 8.72. The van der Waals surface area contributed by atoms with Crippen LogP contribution in [0.4, 0.5) is 5.82 Å². The average Bonchev–Trinajstić information content (AvgIpc) is 3.16. The molecule has 3 heterocycles. The Balaban J connectivity index is 1.79. The standard InChI is InChI=1S/C24H28ClN3/c1-4-6-19(20-7-5-8-23-21(20)9-11-26-23)22-15-28(12-10-16(22)2)24-17(3)13-18(25)14-27-24/h5,7-9,11,13-14,16,26H,4,6,10,12,15H2,1-3H3/b22-19+. The summed E-state index contributed by atoms with van der Waals surface area (Å²) < 4.78 is 0. The first-order valence-corrected chi connectivity index (χ1v) is 10.6. The highest BCUT2D eigenvalue weighted by Crippen LogP contribution is 2.37. The van der Waals surface area contributed by atoms with Gasteiger partial charge in [0.25, 0.3) is 0 Å². The summed E-state index contributed by atoms with van der Waals surface area (Å²) >= 11 is 6.13. The molecule has 0 saturated carbocycles. The molecule has 1 N–H and O–H groups in total. The van der Waals surface area contributed by atoms with Crippen LogP contribution in [-0.4, -0.2) is 23.1 Å². The Hall–Kier alpha value is -2.26. The lowest BCUT2D eigenvalue weighted by Gasteiger charge is -2.36. The van der Waals surface area contributed by atoms with Crippen molar-refractivity contribution in [1.82, 2.24) is 9.97 Å². The predicted octanol–water partition coefficient (Wildman–Crippen LogP) is 6.62. The Morgan fingerprint density at radius 3 is 2.96 bits per heavy atom. The number of halogens is 1. The molecule has 146 valence electrons. The van der Waals surface area contributed by atoms with Gasteiger partial charge >= 0.3 is 0 Å². The fourth-order valence-electron chi connectivity index (χ4n) is 4.47. The van der Waals surface area contributed by atoms with Gasteiger partial charge < -0.3 is 9.88 Å². The minimum Gasteiger partial charge on any atom is -0.361 e. The van der Waals surface area contributed by atoms with Crippen molar-refractivity contribution in [2.45, 2.75) is 40.0 Å². The van der Waals surface area contributed by atoms with Crippen molar-refractivity contribution in [2.24, 2.45) is 5.92 Å². The van der Waals surface area contributed by atoms with E-state index in [1.807, 2.05) is 12.3 Å². The maximum Gasteiger partial charge on any atom is 0.131 e. The highest BCUT2D eigenvalue weighted by molar-refractivity contribution is 6.30. The summed E-state index contributed by atoms with van der Waals surface area (Å²) in [4.78, 5) is 10.4. The third kappa shape index (κ3) is 3.56. The molecule has 3 aromatic rings. The number of nitrogens with zero attached hydrogens (tertiary/aromatic N) is 2. The topological polar surface area (TPSA) is 31.9 Å². The lowest BCUT2D eigenvalue weighted by atomic mass is 9.84. The highest BCUT2D eigenvalue weighted by atomic mass is 35.5. The number of aromatic amines is 1. The van der Waals surface area contributed by atoms with Crippen molar-refractivity contribution in [3.8, 4) is 0 Å². The van der Waals surface area contributed by atoms with E-state index in [2.05, 4.69) is 59.9 Å². The molecule has 0 radical (unpaired) electrons. The van der Waals surface area contributed by atoms with Crippen LogP contribution in [-0.2, 0) is 0 Å². The Morgan fingerprint density at radius 2 is 2.18 bits per heavy atom. The molecule has 0 bridgehead atoms. The van der Waals surface area contributed by atoms with Crippen molar-refractivity contribution in [3.63, 3.8) is 0 Å². The molecule has 2 aromatic heterocycles. The number of hydrogen-bond acceptors (Lipinski definition) is 2. The fourth-order valence-corrected chi connectivity index (χ4v) is 4.68. The predicted molar refractivity (Wildman–Crippen MR) is 120 cm³/mol. The van der Waals surface area contributed by atoms with Crippen LogP contribution in [0.25, 0.3) is 16.5 Å². The Labute approximate surface area is 172 Å². The van der Waals surface area contributed by atoms with E-state index in [0.29, 0.717) is 10.9 Å². The molecule has 4 heteroatoms. The van der Waals surface area contributed by atoms with Gasteiger partial charge in [-0.05, 0) is 66.2 Å². The third-order valence-corrected chi connectivity index (χ3v) is 6.12. The Bertz CT molecular complexity index is 1020. The normalized spacial score (nSPS) is 19.3. The van der Waals surface area contributed by atoms with Crippen molar-refractivity contribution in [1.29, 1.82) is 0 Å². The number of piperidine rings is 1. The number of nitrogens with one attached hydrogen (secondary N) is 1. The van der Waals surface area contributed by atoms with Crippen LogP contribution < -0.4 is 4.90 Å². The van der Waals surface area contributed by atoms with Gasteiger partial charge in [0.15, 0.2) is 0 Å². The van der Waals surface area contributed by atoms with Gasteiger partial charge in [0.05, 0.1) is 5.02 Å². The summed E-state index contributed by atoms with van der Waals surface area (Å²) in [6.07, 6.45) is 7.20. The van der Waals surface area contributed by atoms with Gasteiger partial charge in [-0.25, -0.2) is 4.98 Å². The van der Waals surface area contributed by atoms with Crippen molar-refractivity contribution >= 4 is 33.9 Å². The molecule has 0 spiro atoms. The number of allylic oxidation sites excluding steroid dienone is 1. The maximum absolute atomic E-state index is 6.13. The van der Waals surface area contributed by atoms with E-state index in [1.54, 1.807) is 11.8 Å². The van der Waals surface area contributed by atoms with E-state index in [0.717, 1.165) is 43.7 Å². The SMILES string of the molecule is CCC/C(=C1/CN(c2ncc(Cl)cc2C)CCC1C)c1cccc2[nH]ccc12. The zero-order valence-electron chi connectivity index (χ0n) is 16.9. The van der Waals surface area contributed by atoms with Gasteiger partial charge in [-0.15, -0.1) is 0 Å². The summed E-state index contributed by atoms with van der Waals surface area (Å²) in [6, 6.07) is 10.8. The lowest BCUT2D eigenvalue weighted by molar-refractivity contribution is 0.536. The molecule has 0 amide bonds. The Kier molecular flexibility index (Phi) is 5.45. The molecule has 1 fully saturated rings. The first-order chi connectivity index (χ1) is 13.6. The van der Waals surface area contributed by atoms with Crippen LogP contribution >= 0.6 is 11.6 Å². The minimum absolute atomic E-state index is 0.583. The quantitative estimate of drug-likeness (QED) is 0.539. The zero-order valence-corrected chi connectivity index (χ0v) is 17.7. The van der Waals surface area contributed by atoms with Crippen LogP contribution in [0.2, 0.25) is 5.02 Å². The smallest absolute Gasteiger partial charge is 0.131 e. The molecule has 4 rings (SSSR count). The number of fused-ring (bicyclic) bond motifs is 1. The molecule has 1 aromatic carbocycles. The fraction of sp³-hybridized carbons (Fsp3) is 0.375. The molecule has 1 aliphatic heterocycles. The zero-order chi connectivity index (χ0) is 19.7. The molecule has 28 heavy (non-hydrogen) atoms. The number of aryl methyl sites for hydroxylation is 1. The largest absolute Gasteiger partial charge is 0.361 e. The van der Waals surface area contributed by atoms with Gasteiger partial charge in [-0.2, -0.15) is 0 Å². The average molecular weight is 394 g/mol. The lowest BCUT2D eigenvalue weighted by Crippen LogP contribution is -2.36. The van der Waals surface area contributed by atoms with Crippen molar-refractivity contribution in [2.75, 3.05) is 18.0 Å². The second-order valence-electron chi connectivity index (χ2n) is 7.90. The van der Waals surface area contributed by atoms with Gasteiger partial charge in [0, 0.05) is 36.4 Å². The highest BCUT2D eigenvalue weighted by Gasteiger charge is 2.26. The Morgan fingerprint density at radius 1 is 1.32 bits per heavy atom. The summed E-state index contributed by atoms with van der Waals surface area (Å²) in [5, 5.41) is 2.02. The van der Waals surface area contributed by atoms with E-state index < -0.39 is 0 Å². The first-order valence-electron chi connectivity index (χ1n) is 10.2. The number of aromatic nitrogens is 2. The number of pyridine rings is 1. The molecule has 3 nitrogen and oxygen atoms in total. The van der Waals surface area contributed by atoms with E-state index in [9.17, 15) is 0 Å². The molecule has 0 aliphatic carbocycles. The maximum atomic E-state index is 6.13.